The Labute approximate surface area is 269 Å². The molecule has 228 valence electrons. The van der Waals surface area contributed by atoms with Gasteiger partial charge in [0.2, 0.25) is 11.7 Å². The Bertz CT molecular complexity index is 1630. The summed E-state index contributed by atoms with van der Waals surface area (Å²) in [6.45, 7) is 0. The summed E-state index contributed by atoms with van der Waals surface area (Å²) < 4.78 is 0. The number of nitrogens with zero attached hydrogens (tertiary/aromatic N) is 2. The Morgan fingerprint density at radius 3 is 2.42 bits per heavy atom. The molecule has 5 atom stereocenters. The molecule has 3 aliphatic rings. The molecule has 1 aromatic carbocycles. The first kappa shape index (κ1) is 32.6. The number of amides is 2. The second-order valence-electron chi connectivity index (χ2n) is 10.7. The molecule has 2 amide bonds. The number of aromatic nitrogens is 1. The van der Waals surface area contributed by atoms with Gasteiger partial charge < -0.3 is 31.5 Å². The minimum absolute atomic E-state index is 0. The summed E-state index contributed by atoms with van der Waals surface area (Å²) in [5.41, 5.74) is 1.76. The highest BCUT2D eigenvalue weighted by atomic mass is 79.9. The first-order valence-corrected chi connectivity index (χ1v) is 14.0. The number of fused-ring (bicyclic) bond motifs is 3. The number of aromatic hydroxyl groups is 1. The van der Waals surface area contributed by atoms with Crippen molar-refractivity contribution in [2.24, 2.45) is 17.6 Å². The van der Waals surface area contributed by atoms with Crippen molar-refractivity contribution < 1.29 is 39.6 Å². The number of carbonyl (C=O) groups is 4. The van der Waals surface area contributed by atoms with Crippen LogP contribution in [0.15, 0.2) is 53.3 Å². The molecule has 7 N–H and O–H groups in total. The van der Waals surface area contributed by atoms with Crippen molar-refractivity contribution in [3.8, 4) is 5.75 Å². The lowest BCUT2D eigenvalue weighted by molar-refractivity contribution is -0.148. The molecule has 0 saturated heterocycles. The van der Waals surface area contributed by atoms with Crippen LogP contribution < -0.4 is 11.1 Å². The first-order valence-electron chi connectivity index (χ1n) is 12.8. The van der Waals surface area contributed by atoms with Gasteiger partial charge in [-0.15, -0.1) is 17.0 Å². The number of Topliss-reactive ketones (excluding diaryl/α,β-unsaturated/α-hetero) is 2. The molecule has 0 aliphatic heterocycles. The molecule has 0 saturated carbocycles. The quantitative estimate of drug-likeness (QED) is 0.150. The Morgan fingerprint density at radius 2 is 1.84 bits per heavy atom. The van der Waals surface area contributed by atoms with Crippen molar-refractivity contribution in [3.63, 3.8) is 0 Å². The van der Waals surface area contributed by atoms with E-state index in [4.69, 9.17) is 17.3 Å². The number of carbonyl (C=O) groups excluding carboxylic acids is 4. The monoisotopic (exact) mass is 740 g/mol. The number of phenolic OH excluding ortho intramolecular Hbond substituents is 1. The summed E-state index contributed by atoms with van der Waals surface area (Å²) in [6.07, 6.45) is 3.01. The number of allylic oxidation sites excluding steroid dienone is 1. The van der Waals surface area contributed by atoms with Gasteiger partial charge in [-0.05, 0) is 62.2 Å². The van der Waals surface area contributed by atoms with Crippen LogP contribution in [0.25, 0.3) is 0 Å². The van der Waals surface area contributed by atoms with E-state index in [1.165, 1.54) is 23.4 Å². The predicted molar refractivity (Wildman–Crippen MR) is 164 cm³/mol. The minimum Gasteiger partial charge on any atom is -0.510 e. The number of primary amides is 1. The fourth-order valence-corrected chi connectivity index (χ4v) is 6.95. The Balaban J connectivity index is 0.00000423. The number of pyridine rings is 1. The van der Waals surface area contributed by atoms with E-state index in [1.54, 1.807) is 26.2 Å². The van der Waals surface area contributed by atoms with E-state index < -0.39 is 74.5 Å². The molecule has 2 aromatic rings. The molecule has 1 aromatic heterocycles. The second kappa shape index (κ2) is 11.7. The number of rotatable bonds is 5. The van der Waals surface area contributed by atoms with E-state index in [2.05, 4.69) is 26.2 Å². The van der Waals surface area contributed by atoms with Crippen molar-refractivity contribution in [1.82, 2.24) is 9.88 Å². The summed E-state index contributed by atoms with van der Waals surface area (Å²) in [5, 5.41) is 47.6. The number of aliphatic hydroxyl groups is 3. The van der Waals surface area contributed by atoms with Gasteiger partial charge >= 0.3 is 0 Å². The zero-order chi connectivity index (χ0) is 30.8. The van der Waals surface area contributed by atoms with Crippen LogP contribution in [0.1, 0.15) is 32.7 Å². The first-order chi connectivity index (χ1) is 19.7. The van der Waals surface area contributed by atoms with Crippen LogP contribution in [0, 0.1) is 11.8 Å². The van der Waals surface area contributed by atoms with Gasteiger partial charge in [0.15, 0.2) is 17.1 Å². The fourth-order valence-electron chi connectivity index (χ4n) is 6.26. The van der Waals surface area contributed by atoms with E-state index in [0.29, 0.717) is 11.1 Å². The second-order valence-corrected chi connectivity index (χ2v) is 12.0. The number of alkyl halides is 1. The predicted octanol–water partition coefficient (Wildman–Crippen LogP) is 2.82. The summed E-state index contributed by atoms with van der Waals surface area (Å²) >= 11 is 9.73. The highest BCUT2D eigenvalue weighted by Gasteiger charge is 2.63. The smallest absolute Gasteiger partial charge is 0.255 e. The standard InChI is InChI=1S/C28H26BrClN4O8.BrH/c1-34(2)20-13-8-11-7-12-9-14(30)19(33-27(41)18(29)10-3-5-32-6-4-10)22(36)15(12)21(35)16(11)24(38)28(13,42)25(39)17(23(20)37)26(31)40;/h3-6,9,11,13,18,20,36-38,42H,7-8H2,1-2H3,(H2,31,40)(H,33,41);1H/t11?,13?,18?,20-,28-;/m0./s1. The van der Waals surface area contributed by atoms with Crippen LogP contribution in [0.3, 0.4) is 0 Å². The fraction of sp³-hybridized carbons (Fsp3) is 0.321. The molecule has 5 rings (SSSR count). The average Bonchev–Trinajstić information content (AvgIpc) is 2.92. The van der Waals surface area contributed by atoms with Gasteiger partial charge in [-0.1, -0.05) is 27.5 Å². The third kappa shape index (κ3) is 4.94. The Hall–Kier alpha value is -3.30. The van der Waals surface area contributed by atoms with E-state index in [0.717, 1.165) is 0 Å². The highest BCUT2D eigenvalue weighted by molar-refractivity contribution is 9.09. The Morgan fingerprint density at radius 1 is 1.21 bits per heavy atom. The zero-order valence-electron chi connectivity index (χ0n) is 22.7. The largest absolute Gasteiger partial charge is 0.510 e. The maximum absolute atomic E-state index is 13.9. The van der Waals surface area contributed by atoms with E-state index in [1.807, 2.05) is 0 Å². The van der Waals surface area contributed by atoms with E-state index in [9.17, 15) is 39.6 Å². The van der Waals surface area contributed by atoms with Crippen LogP contribution in [-0.4, -0.2) is 79.4 Å². The van der Waals surface area contributed by atoms with Crippen molar-refractivity contribution in [3.05, 3.63) is 75.0 Å². The number of aliphatic hydroxyl groups excluding tert-OH is 2. The molecule has 0 spiro atoms. The number of likely N-dealkylation sites (N-methyl/N-ethyl adjacent to an activating group) is 1. The van der Waals surface area contributed by atoms with Gasteiger partial charge in [0.05, 0.1) is 16.6 Å². The topological polar surface area (TPSA) is 203 Å². The van der Waals surface area contributed by atoms with Crippen molar-refractivity contribution in [2.75, 3.05) is 19.4 Å². The van der Waals surface area contributed by atoms with E-state index in [-0.39, 0.29) is 51.7 Å². The van der Waals surface area contributed by atoms with Crippen molar-refractivity contribution in [1.29, 1.82) is 0 Å². The molecule has 0 radical (unpaired) electrons. The third-order valence-electron chi connectivity index (χ3n) is 8.14. The lowest BCUT2D eigenvalue weighted by Crippen LogP contribution is -2.63. The maximum atomic E-state index is 13.9. The molecule has 12 nitrogen and oxygen atoms in total. The van der Waals surface area contributed by atoms with Gasteiger partial charge in [-0.2, -0.15) is 0 Å². The molecular weight excluding hydrogens is 716 g/mol. The molecule has 15 heteroatoms. The van der Waals surface area contributed by atoms with Crippen LogP contribution >= 0.6 is 44.5 Å². The minimum atomic E-state index is -2.75. The highest BCUT2D eigenvalue weighted by Crippen LogP contribution is 2.53. The number of halogens is 3. The van der Waals surface area contributed by atoms with Gasteiger partial charge in [-0.25, -0.2) is 0 Å². The van der Waals surface area contributed by atoms with Gasteiger partial charge in [0.1, 0.15) is 27.6 Å². The average molecular weight is 743 g/mol. The molecular formula is C28H27Br2ClN4O8. The number of nitrogens with one attached hydrogen (secondary N) is 1. The van der Waals surface area contributed by atoms with Gasteiger partial charge in [0.25, 0.3) is 5.91 Å². The number of phenols is 1. The van der Waals surface area contributed by atoms with Gasteiger partial charge in [0, 0.05) is 23.9 Å². The summed E-state index contributed by atoms with van der Waals surface area (Å²) in [4.78, 5) is 56.9. The maximum Gasteiger partial charge on any atom is 0.255 e. The van der Waals surface area contributed by atoms with E-state index >= 15 is 0 Å². The molecule has 1 heterocycles. The molecule has 0 bridgehead atoms. The number of hydrogen-bond acceptors (Lipinski definition) is 10. The number of benzene rings is 1. The van der Waals surface area contributed by atoms with Crippen LogP contribution in [0.5, 0.6) is 5.75 Å². The molecule has 3 aliphatic carbocycles. The normalized spacial score (nSPS) is 25.4. The van der Waals surface area contributed by atoms with Crippen molar-refractivity contribution >= 4 is 73.6 Å². The van der Waals surface area contributed by atoms with Crippen LogP contribution in [0.2, 0.25) is 5.02 Å². The summed E-state index contributed by atoms with van der Waals surface area (Å²) in [5.74, 6) is -8.32. The SMILES string of the molecule is Br.CN(C)[C@@H]1C(O)=C(C(N)=O)C(=O)[C@@]2(O)C(O)=C3C(=O)c4c(cc(Cl)c(NC(=O)C(Br)c5ccncc5)c4O)CC3CC12. The van der Waals surface area contributed by atoms with Gasteiger partial charge in [-0.3, -0.25) is 29.1 Å². The molecule has 43 heavy (non-hydrogen) atoms. The lowest BCUT2D eigenvalue weighted by Gasteiger charge is -2.50. The summed E-state index contributed by atoms with van der Waals surface area (Å²) in [6, 6.07) is 3.55. The van der Waals surface area contributed by atoms with Crippen LogP contribution in [-0.2, 0) is 20.8 Å². The number of anilines is 1. The Kier molecular flexibility index (Phi) is 8.84. The zero-order valence-corrected chi connectivity index (χ0v) is 26.7. The lowest BCUT2D eigenvalue weighted by atomic mass is 9.58. The van der Waals surface area contributed by atoms with Crippen molar-refractivity contribution in [2.45, 2.75) is 29.3 Å². The number of ketones is 2. The number of hydrogen-bond donors (Lipinski definition) is 6. The summed E-state index contributed by atoms with van der Waals surface area (Å²) in [7, 11) is 3.10. The van der Waals surface area contributed by atoms with Crippen LogP contribution in [0.4, 0.5) is 5.69 Å². The molecule has 0 fully saturated rings. The third-order valence-corrected chi connectivity index (χ3v) is 9.39. The number of nitrogens with two attached hydrogens (primary N) is 1. The molecule has 3 unspecified atom stereocenters.